The predicted molar refractivity (Wildman–Crippen MR) is 65.8 cm³/mol. The molecule has 0 aliphatic heterocycles. The van der Waals surface area contributed by atoms with Gasteiger partial charge in [-0.3, -0.25) is 5.10 Å². The van der Waals surface area contributed by atoms with Crippen LogP contribution in [0.5, 0.6) is 0 Å². The zero-order chi connectivity index (χ0) is 12.3. The van der Waals surface area contributed by atoms with Crippen LogP contribution in [-0.4, -0.2) is 35.2 Å². The monoisotopic (exact) mass is 257 g/mol. The summed E-state index contributed by atoms with van der Waals surface area (Å²) in [5, 5.41) is 6.33. The van der Waals surface area contributed by atoms with Gasteiger partial charge in [0.25, 0.3) is 0 Å². The highest BCUT2D eigenvalue weighted by Gasteiger charge is 2.30. The lowest BCUT2D eigenvalue weighted by atomic mass is 10.0. The first-order valence-electron chi connectivity index (χ1n) is 6.03. The minimum atomic E-state index is -3.15. The molecule has 1 heterocycles. The van der Waals surface area contributed by atoms with E-state index >= 15 is 0 Å². The van der Waals surface area contributed by atoms with Crippen molar-refractivity contribution in [3.05, 3.63) is 18.0 Å². The molecule has 1 aliphatic carbocycles. The first kappa shape index (κ1) is 12.6. The molecular formula is C11H19N3O2S. The van der Waals surface area contributed by atoms with Crippen molar-refractivity contribution in [2.45, 2.75) is 43.9 Å². The molecular weight excluding hydrogens is 238 g/mol. The largest absolute Gasteiger partial charge is 0.285 e. The van der Waals surface area contributed by atoms with Crippen molar-refractivity contribution < 1.29 is 8.42 Å². The number of hydrogen-bond acceptors (Lipinski definition) is 3. The van der Waals surface area contributed by atoms with Crippen LogP contribution in [-0.2, 0) is 16.6 Å². The number of H-pyrrole nitrogens is 1. The van der Waals surface area contributed by atoms with Gasteiger partial charge < -0.3 is 0 Å². The van der Waals surface area contributed by atoms with Crippen LogP contribution in [0.15, 0.2) is 12.4 Å². The van der Waals surface area contributed by atoms with Crippen LogP contribution in [0.4, 0.5) is 0 Å². The van der Waals surface area contributed by atoms with Gasteiger partial charge in [-0.2, -0.15) is 5.10 Å². The van der Waals surface area contributed by atoms with Gasteiger partial charge in [0.1, 0.15) is 0 Å². The minimum Gasteiger partial charge on any atom is -0.285 e. The van der Waals surface area contributed by atoms with Crippen LogP contribution in [0.25, 0.3) is 0 Å². The van der Waals surface area contributed by atoms with Gasteiger partial charge in [0.2, 0.25) is 10.0 Å². The SMILES string of the molecule is CN(Cc1cn[nH]c1)S(=O)(=O)C1CCCCC1. The Morgan fingerprint density at radius 3 is 2.71 bits per heavy atom. The van der Waals surface area contributed by atoms with Crippen molar-refractivity contribution in [3.8, 4) is 0 Å². The maximum absolute atomic E-state index is 12.3. The van der Waals surface area contributed by atoms with E-state index < -0.39 is 10.0 Å². The molecule has 1 aromatic heterocycles. The first-order chi connectivity index (χ1) is 8.10. The maximum Gasteiger partial charge on any atom is 0.217 e. The lowest BCUT2D eigenvalue weighted by molar-refractivity contribution is 0.423. The normalized spacial score (nSPS) is 18.7. The molecule has 2 rings (SSSR count). The summed E-state index contributed by atoms with van der Waals surface area (Å²) in [4.78, 5) is 0. The van der Waals surface area contributed by atoms with Gasteiger partial charge in [-0.15, -0.1) is 0 Å². The first-order valence-corrected chi connectivity index (χ1v) is 7.54. The van der Waals surface area contributed by atoms with Crippen LogP contribution in [0.3, 0.4) is 0 Å². The number of sulfonamides is 1. The summed E-state index contributed by atoms with van der Waals surface area (Å²) in [6.45, 7) is 0.398. The fourth-order valence-electron chi connectivity index (χ4n) is 2.33. The maximum atomic E-state index is 12.3. The second kappa shape index (κ2) is 5.18. The third-order valence-corrected chi connectivity index (χ3v) is 5.68. The van der Waals surface area contributed by atoms with Crippen LogP contribution in [0.2, 0.25) is 0 Å². The summed E-state index contributed by atoms with van der Waals surface area (Å²) < 4.78 is 26.1. The minimum absolute atomic E-state index is 0.187. The molecule has 1 fully saturated rings. The Labute approximate surface area is 102 Å². The van der Waals surface area contributed by atoms with Crippen molar-refractivity contribution in [3.63, 3.8) is 0 Å². The van der Waals surface area contributed by atoms with Gasteiger partial charge in [0.05, 0.1) is 11.4 Å². The molecule has 0 unspecified atom stereocenters. The van der Waals surface area contributed by atoms with E-state index in [2.05, 4.69) is 10.2 Å². The molecule has 17 heavy (non-hydrogen) atoms. The molecule has 0 aromatic carbocycles. The highest BCUT2D eigenvalue weighted by Crippen LogP contribution is 2.26. The Hall–Kier alpha value is -0.880. The van der Waals surface area contributed by atoms with E-state index in [-0.39, 0.29) is 5.25 Å². The van der Waals surface area contributed by atoms with Crippen molar-refractivity contribution >= 4 is 10.0 Å². The van der Waals surface area contributed by atoms with Gasteiger partial charge in [0, 0.05) is 25.4 Å². The summed E-state index contributed by atoms with van der Waals surface area (Å²) in [7, 11) is -1.50. The second-order valence-corrected chi connectivity index (χ2v) is 6.99. The Bertz CT molecular complexity index is 435. The summed E-state index contributed by atoms with van der Waals surface area (Å²) >= 11 is 0. The van der Waals surface area contributed by atoms with E-state index in [0.717, 1.165) is 37.7 Å². The molecule has 0 amide bonds. The highest BCUT2D eigenvalue weighted by molar-refractivity contribution is 7.89. The Balaban J connectivity index is 2.03. The van der Waals surface area contributed by atoms with Crippen LogP contribution >= 0.6 is 0 Å². The van der Waals surface area contributed by atoms with Crippen LogP contribution in [0, 0.1) is 0 Å². The highest BCUT2D eigenvalue weighted by atomic mass is 32.2. The average Bonchev–Trinajstić information content (AvgIpc) is 2.83. The van der Waals surface area contributed by atoms with Gasteiger partial charge in [-0.1, -0.05) is 19.3 Å². The lowest BCUT2D eigenvalue weighted by Crippen LogP contribution is -2.36. The molecule has 1 aromatic rings. The van der Waals surface area contributed by atoms with Crippen molar-refractivity contribution in [1.29, 1.82) is 0 Å². The molecule has 0 saturated heterocycles. The zero-order valence-electron chi connectivity index (χ0n) is 10.1. The van der Waals surface area contributed by atoms with E-state index in [4.69, 9.17) is 0 Å². The van der Waals surface area contributed by atoms with E-state index in [1.165, 1.54) is 4.31 Å². The molecule has 1 aliphatic rings. The molecule has 1 N–H and O–H groups in total. The zero-order valence-corrected chi connectivity index (χ0v) is 10.9. The lowest BCUT2D eigenvalue weighted by Gasteiger charge is -2.26. The molecule has 6 heteroatoms. The van der Waals surface area contributed by atoms with E-state index in [1.54, 1.807) is 19.4 Å². The summed E-state index contributed by atoms with van der Waals surface area (Å²) in [5.41, 5.74) is 0.895. The summed E-state index contributed by atoms with van der Waals surface area (Å²) in [6.07, 6.45) is 8.22. The third-order valence-electron chi connectivity index (χ3n) is 3.37. The Kier molecular flexibility index (Phi) is 3.83. The topological polar surface area (TPSA) is 66.1 Å². The molecule has 0 atom stereocenters. The van der Waals surface area contributed by atoms with Gasteiger partial charge in [0.15, 0.2) is 0 Å². The van der Waals surface area contributed by atoms with Crippen LogP contribution < -0.4 is 0 Å². The smallest absolute Gasteiger partial charge is 0.217 e. The van der Waals surface area contributed by atoms with E-state index in [0.29, 0.717) is 6.54 Å². The molecule has 1 saturated carbocycles. The van der Waals surface area contributed by atoms with E-state index in [1.807, 2.05) is 0 Å². The van der Waals surface area contributed by atoms with E-state index in [9.17, 15) is 8.42 Å². The molecule has 5 nitrogen and oxygen atoms in total. The quantitative estimate of drug-likeness (QED) is 0.889. The fourth-order valence-corrected chi connectivity index (χ4v) is 4.10. The van der Waals surface area contributed by atoms with Crippen molar-refractivity contribution in [1.82, 2.24) is 14.5 Å². The van der Waals surface area contributed by atoms with Gasteiger partial charge in [-0.25, -0.2) is 12.7 Å². The molecule has 0 spiro atoms. The summed E-state index contributed by atoms with van der Waals surface area (Å²) in [5.74, 6) is 0. The molecule has 96 valence electrons. The third kappa shape index (κ3) is 2.87. The summed E-state index contributed by atoms with van der Waals surface area (Å²) in [6, 6.07) is 0. The average molecular weight is 257 g/mol. The Morgan fingerprint density at radius 1 is 1.41 bits per heavy atom. The number of nitrogens with one attached hydrogen (secondary N) is 1. The molecule has 0 radical (unpaired) electrons. The second-order valence-electron chi connectivity index (χ2n) is 4.67. The molecule has 0 bridgehead atoms. The van der Waals surface area contributed by atoms with Crippen LogP contribution in [0.1, 0.15) is 37.7 Å². The number of rotatable bonds is 4. The number of aromatic nitrogens is 2. The van der Waals surface area contributed by atoms with Crippen molar-refractivity contribution in [2.24, 2.45) is 0 Å². The number of nitrogens with zero attached hydrogens (tertiary/aromatic N) is 2. The van der Waals surface area contributed by atoms with Gasteiger partial charge >= 0.3 is 0 Å². The number of hydrogen-bond donors (Lipinski definition) is 1. The fraction of sp³-hybridized carbons (Fsp3) is 0.727. The number of aromatic amines is 1. The standard InChI is InChI=1S/C11H19N3O2S/c1-14(9-10-7-12-13-8-10)17(15,16)11-5-3-2-4-6-11/h7-8,11H,2-6,9H2,1H3,(H,12,13). The van der Waals surface area contributed by atoms with Crippen molar-refractivity contribution in [2.75, 3.05) is 7.05 Å². The van der Waals surface area contributed by atoms with Gasteiger partial charge in [-0.05, 0) is 12.8 Å². The predicted octanol–water partition coefficient (Wildman–Crippen LogP) is 1.50. The Morgan fingerprint density at radius 2 is 2.12 bits per heavy atom.